The number of carboxylic acid groups (broad SMARTS) is 1. The van der Waals surface area contributed by atoms with E-state index in [1.807, 2.05) is 13.8 Å². The molecule has 32 heavy (non-hydrogen) atoms. The van der Waals surface area contributed by atoms with E-state index in [0.29, 0.717) is 24.6 Å². The third kappa shape index (κ3) is 4.35. The molecule has 0 amide bonds. The molecule has 0 radical (unpaired) electrons. The second kappa shape index (κ2) is 8.91. The van der Waals surface area contributed by atoms with Crippen molar-refractivity contribution in [3.8, 4) is 5.75 Å². The molecule has 1 fully saturated rings. The number of aromatic carboxylic acids is 1. The topological polar surface area (TPSA) is 95.9 Å². The highest BCUT2D eigenvalue weighted by molar-refractivity contribution is 7.74. The van der Waals surface area contributed by atoms with E-state index in [1.54, 1.807) is 18.2 Å². The molecule has 1 saturated carbocycles. The van der Waals surface area contributed by atoms with Crippen molar-refractivity contribution in [2.45, 2.75) is 32.2 Å². The van der Waals surface area contributed by atoms with Gasteiger partial charge in [0.2, 0.25) is 10.9 Å². The SMILES string of the molecule is CC(C)NCC=Cc1cc(F)ccc1N(c1ccc2c(c1C(=O)O)OCC1CC21)[SH](=O)=O. The third-order valence-corrected chi connectivity index (χ3v) is 6.45. The van der Waals surface area contributed by atoms with Crippen LogP contribution in [0.2, 0.25) is 0 Å². The maximum Gasteiger partial charge on any atom is 0.341 e. The molecule has 7 nitrogen and oxygen atoms in total. The minimum Gasteiger partial charge on any atom is -0.492 e. The number of anilines is 2. The van der Waals surface area contributed by atoms with E-state index in [4.69, 9.17) is 4.74 Å². The quantitative estimate of drug-likeness (QED) is 0.520. The first-order chi connectivity index (χ1) is 15.3. The molecule has 0 saturated heterocycles. The van der Waals surface area contributed by atoms with E-state index in [9.17, 15) is 22.7 Å². The summed E-state index contributed by atoms with van der Waals surface area (Å²) in [5.41, 5.74) is 1.03. The number of hydrogen-bond acceptors (Lipinski definition) is 5. The van der Waals surface area contributed by atoms with Crippen LogP contribution in [0.4, 0.5) is 15.8 Å². The molecule has 0 aromatic heterocycles. The molecule has 2 aromatic rings. The van der Waals surface area contributed by atoms with Crippen molar-refractivity contribution in [1.29, 1.82) is 0 Å². The average Bonchev–Trinajstić information content (AvgIpc) is 3.52. The van der Waals surface area contributed by atoms with Crippen molar-refractivity contribution < 1.29 is 27.4 Å². The van der Waals surface area contributed by atoms with E-state index in [0.717, 1.165) is 22.4 Å². The second-order valence-electron chi connectivity index (χ2n) is 8.31. The number of thiol groups is 1. The average molecular weight is 461 g/mol. The molecular weight excluding hydrogens is 435 g/mol. The Bertz CT molecular complexity index is 1150. The zero-order valence-electron chi connectivity index (χ0n) is 17.7. The summed E-state index contributed by atoms with van der Waals surface area (Å²) in [5.74, 6) is -0.957. The van der Waals surface area contributed by atoms with Gasteiger partial charge >= 0.3 is 5.97 Å². The summed E-state index contributed by atoms with van der Waals surface area (Å²) in [5, 5.41) is 13.1. The number of hydrogen-bond donors (Lipinski definition) is 3. The summed E-state index contributed by atoms with van der Waals surface area (Å²) in [6.45, 7) is 4.90. The van der Waals surface area contributed by atoms with Gasteiger partial charge in [-0.1, -0.05) is 32.1 Å². The Hall–Kier alpha value is -2.91. The lowest BCUT2D eigenvalue weighted by Crippen LogP contribution is -2.22. The van der Waals surface area contributed by atoms with E-state index in [1.165, 1.54) is 18.2 Å². The highest BCUT2D eigenvalue weighted by Crippen LogP contribution is 2.55. The molecule has 2 unspecified atom stereocenters. The molecule has 170 valence electrons. The summed E-state index contributed by atoms with van der Waals surface area (Å²) in [6, 6.07) is 7.18. The molecule has 0 spiro atoms. The summed E-state index contributed by atoms with van der Waals surface area (Å²) in [6.07, 6.45) is 4.31. The van der Waals surface area contributed by atoms with Gasteiger partial charge in [0.1, 0.15) is 17.1 Å². The van der Waals surface area contributed by atoms with Crippen LogP contribution in [0.25, 0.3) is 6.08 Å². The Labute approximate surface area is 187 Å². The predicted molar refractivity (Wildman–Crippen MR) is 121 cm³/mol. The van der Waals surface area contributed by atoms with E-state index in [2.05, 4.69) is 5.32 Å². The van der Waals surface area contributed by atoms with E-state index < -0.39 is 22.7 Å². The Morgan fingerprint density at radius 1 is 1.31 bits per heavy atom. The van der Waals surface area contributed by atoms with Crippen LogP contribution < -0.4 is 14.4 Å². The van der Waals surface area contributed by atoms with Crippen LogP contribution in [0.1, 0.15) is 47.7 Å². The second-order valence-corrected chi connectivity index (χ2v) is 9.19. The molecule has 9 heteroatoms. The Morgan fingerprint density at radius 2 is 2.06 bits per heavy atom. The Morgan fingerprint density at radius 3 is 2.75 bits per heavy atom. The minimum atomic E-state index is -3.28. The third-order valence-electron chi connectivity index (χ3n) is 5.69. The number of carboxylic acids is 1. The van der Waals surface area contributed by atoms with Crippen LogP contribution in [0, 0.1) is 11.7 Å². The van der Waals surface area contributed by atoms with Gasteiger partial charge in [-0.25, -0.2) is 21.9 Å². The molecule has 4 rings (SSSR count). The summed E-state index contributed by atoms with van der Waals surface area (Å²) >= 11 is 0. The molecule has 2 atom stereocenters. The van der Waals surface area contributed by atoms with Crippen LogP contribution in [-0.2, 0) is 10.9 Å². The minimum absolute atomic E-state index is 0.0342. The molecule has 0 bridgehead atoms. The summed E-state index contributed by atoms with van der Waals surface area (Å²) < 4.78 is 45.4. The van der Waals surface area contributed by atoms with Gasteiger partial charge in [0, 0.05) is 24.1 Å². The van der Waals surface area contributed by atoms with Gasteiger partial charge in [-0.3, -0.25) is 0 Å². The molecular formula is C23H25FN2O5S. The maximum atomic E-state index is 14.0. The fraction of sp³-hybridized carbons (Fsp3) is 0.348. The highest BCUT2D eigenvalue weighted by atomic mass is 32.2. The number of halogens is 1. The predicted octanol–water partition coefficient (Wildman–Crippen LogP) is 3.70. The molecule has 2 N–H and O–H groups in total. The number of fused-ring (bicyclic) bond motifs is 3. The molecule has 1 aliphatic heterocycles. The van der Waals surface area contributed by atoms with Gasteiger partial charge in [-0.05, 0) is 42.2 Å². The highest BCUT2D eigenvalue weighted by Gasteiger charge is 2.45. The normalized spacial score (nSPS) is 19.0. The van der Waals surface area contributed by atoms with Crippen molar-refractivity contribution >= 4 is 34.3 Å². The van der Waals surface area contributed by atoms with Crippen LogP contribution >= 0.6 is 0 Å². The van der Waals surface area contributed by atoms with Crippen LogP contribution in [-0.4, -0.2) is 38.7 Å². The van der Waals surface area contributed by atoms with Crippen molar-refractivity contribution in [2.75, 3.05) is 17.5 Å². The van der Waals surface area contributed by atoms with E-state index in [-0.39, 0.29) is 34.6 Å². The Balaban J connectivity index is 1.82. The number of carbonyl (C=O) groups is 1. The van der Waals surface area contributed by atoms with Crippen molar-refractivity contribution in [3.63, 3.8) is 0 Å². The van der Waals surface area contributed by atoms with Crippen LogP contribution in [0.5, 0.6) is 5.75 Å². The number of nitrogens with one attached hydrogen (secondary N) is 1. The van der Waals surface area contributed by atoms with Crippen molar-refractivity contribution in [3.05, 3.63) is 58.9 Å². The van der Waals surface area contributed by atoms with Gasteiger partial charge in [0.25, 0.3) is 0 Å². The molecule has 2 aromatic carbocycles. The lowest BCUT2D eigenvalue weighted by atomic mass is 9.99. The molecule has 1 heterocycles. The fourth-order valence-corrected chi connectivity index (χ4v) is 4.77. The van der Waals surface area contributed by atoms with Gasteiger partial charge in [0.05, 0.1) is 18.0 Å². The first-order valence-electron chi connectivity index (χ1n) is 10.4. The lowest BCUT2D eigenvalue weighted by molar-refractivity contribution is 0.0692. The maximum absolute atomic E-state index is 14.0. The van der Waals surface area contributed by atoms with Gasteiger partial charge in [-0.15, -0.1) is 0 Å². The number of nitrogens with zero attached hydrogens (tertiary/aromatic N) is 1. The fourth-order valence-electron chi connectivity index (χ4n) is 4.07. The summed E-state index contributed by atoms with van der Waals surface area (Å²) in [4.78, 5) is 12.2. The number of rotatable bonds is 8. The van der Waals surface area contributed by atoms with Gasteiger partial charge in [0.15, 0.2) is 0 Å². The first-order valence-corrected chi connectivity index (χ1v) is 11.6. The van der Waals surface area contributed by atoms with Gasteiger partial charge < -0.3 is 15.2 Å². The van der Waals surface area contributed by atoms with Gasteiger partial charge in [-0.2, -0.15) is 0 Å². The van der Waals surface area contributed by atoms with Crippen LogP contribution in [0.15, 0.2) is 36.4 Å². The van der Waals surface area contributed by atoms with Crippen molar-refractivity contribution in [2.24, 2.45) is 5.92 Å². The summed E-state index contributed by atoms with van der Waals surface area (Å²) in [7, 11) is -3.28. The zero-order valence-corrected chi connectivity index (χ0v) is 18.6. The lowest BCUT2D eigenvalue weighted by Gasteiger charge is -2.26. The Kier molecular flexibility index (Phi) is 6.21. The van der Waals surface area contributed by atoms with E-state index >= 15 is 0 Å². The van der Waals surface area contributed by atoms with Crippen molar-refractivity contribution in [1.82, 2.24) is 5.32 Å². The standard InChI is InChI=1S/C23H25FN2O5S/c1-13(2)25-9-3-4-14-10-16(24)5-7-19(14)26(32(29)30)20-8-6-17-18-11-15(18)12-31-22(17)21(20)23(27)28/h3-8,10,13,15,18,25,32H,9,11-12H2,1-2H3,(H,27,28). The zero-order chi connectivity index (χ0) is 23.0. The number of ether oxygens (including phenoxy) is 1. The number of benzene rings is 2. The first kappa shape index (κ1) is 22.3. The largest absolute Gasteiger partial charge is 0.492 e. The monoisotopic (exact) mass is 460 g/mol. The smallest absolute Gasteiger partial charge is 0.341 e. The van der Waals surface area contributed by atoms with Crippen LogP contribution in [0.3, 0.4) is 0 Å². The molecule has 2 aliphatic rings. The molecule has 1 aliphatic carbocycles.